The van der Waals surface area contributed by atoms with E-state index in [0.29, 0.717) is 17.0 Å². The van der Waals surface area contributed by atoms with Gasteiger partial charge in [0.25, 0.3) is 0 Å². The van der Waals surface area contributed by atoms with Crippen LogP contribution in [0.4, 0.5) is 10.5 Å². The maximum Gasteiger partial charge on any atom is 0.412 e. The molecule has 0 aromatic heterocycles. The molecule has 3 aromatic carbocycles. The van der Waals surface area contributed by atoms with Gasteiger partial charge in [0.2, 0.25) is 0 Å². The van der Waals surface area contributed by atoms with E-state index in [1.165, 1.54) is 25.3 Å². The number of para-hydroxylation sites is 2. The fraction of sp³-hybridized carbons (Fsp3) is 0.120. The lowest BCUT2D eigenvalue weighted by Gasteiger charge is -2.26. The quantitative estimate of drug-likeness (QED) is 0.403. The summed E-state index contributed by atoms with van der Waals surface area (Å²) in [4.78, 5) is 23.9. The third-order valence-electron chi connectivity index (χ3n) is 4.53. The predicted molar refractivity (Wildman–Crippen MR) is 122 cm³/mol. The van der Waals surface area contributed by atoms with Crippen LogP contribution in [0.5, 0.6) is 17.2 Å². The number of carbonyl (C=O) groups excluding carboxylic acids is 1. The molecule has 0 fully saturated rings. The molecule has 2 atom stereocenters. The second kappa shape index (κ2) is 11.2. The minimum atomic E-state index is -1.19. The molecule has 8 nitrogen and oxygen atoms in total. The number of rotatable bonds is 9. The number of carboxylic acid groups (broad SMARTS) is 1. The van der Waals surface area contributed by atoms with Crippen molar-refractivity contribution in [2.45, 2.75) is 12.2 Å². The minimum Gasteiger partial charge on any atom is -0.504 e. The molecule has 0 radical (unpaired) electrons. The van der Waals surface area contributed by atoms with Gasteiger partial charge in [0.15, 0.2) is 23.7 Å². The summed E-state index contributed by atoms with van der Waals surface area (Å²) in [6.45, 7) is 0. The van der Waals surface area contributed by atoms with Crippen LogP contribution in [0.3, 0.4) is 0 Å². The molecule has 0 saturated carbocycles. The number of carboxylic acids is 1. The summed E-state index contributed by atoms with van der Waals surface area (Å²) < 4.78 is 16.7. The van der Waals surface area contributed by atoms with Crippen LogP contribution >= 0.6 is 0 Å². The van der Waals surface area contributed by atoms with Gasteiger partial charge in [-0.05, 0) is 42.5 Å². The summed E-state index contributed by atoms with van der Waals surface area (Å²) in [6, 6.07) is 21.9. The summed E-state index contributed by atoms with van der Waals surface area (Å²) in [5, 5.41) is 22.0. The first-order chi connectivity index (χ1) is 16.0. The normalized spacial score (nSPS) is 12.5. The number of anilines is 1. The van der Waals surface area contributed by atoms with Crippen LogP contribution in [0.15, 0.2) is 91.0 Å². The fourth-order valence-electron chi connectivity index (χ4n) is 3.03. The monoisotopic (exact) mass is 449 g/mol. The number of hydrogen-bond acceptors (Lipinski definition) is 6. The number of amides is 1. The molecule has 0 heterocycles. The number of ether oxygens (including phenoxy) is 3. The Morgan fingerprint density at radius 2 is 1.64 bits per heavy atom. The molecule has 0 aliphatic rings. The summed E-state index contributed by atoms with van der Waals surface area (Å²) in [5.41, 5.74) is 0.882. The molecule has 0 saturated heterocycles. The van der Waals surface area contributed by atoms with E-state index in [-0.39, 0.29) is 11.5 Å². The number of phenols is 1. The van der Waals surface area contributed by atoms with Crippen molar-refractivity contribution in [1.29, 1.82) is 0 Å². The van der Waals surface area contributed by atoms with Crippen LogP contribution in [0.1, 0.15) is 11.7 Å². The molecule has 8 heteroatoms. The van der Waals surface area contributed by atoms with Gasteiger partial charge in [-0.15, -0.1) is 0 Å². The van der Waals surface area contributed by atoms with Gasteiger partial charge >= 0.3 is 12.1 Å². The molecule has 33 heavy (non-hydrogen) atoms. The van der Waals surface area contributed by atoms with E-state index >= 15 is 0 Å². The maximum absolute atomic E-state index is 12.7. The second-order valence-corrected chi connectivity index (χ2v) is 6.84. The molecule has 0 spiro atoms. The molecule has 1 amide bonds. The zero-order chi connectivity index (χ0) is 23.6. The predicted octanol–water partition coefficient (Wildman–Crippen LogP) is 4.78. The number of aromatic hydroxyl groups is 1. The summed E-state index contributed by atoms with van der Waals surface area (Å²) in [7, 11) is 1.41. The Kier molecular flexibility index (Phi) is 7.91. The number of methoxy groups -OCH3 is 1. The lowest BCUT2D eigenvalue weighted by atomic mass is 10.0. The van der Waals surface area contributed by atoms with E-state index < -0.39 is 24.3 Å². The maximum atomic E-state index is 12.7. The van der Waals surface area contributed by atoms with Crippen LogP contribution in [0.2, 0.25) is 0 Å². The Morgan fingerprint density at radius 3 is 2.24 bits per heavy atom. The van der Waals surface area contributed by atoms with Crippen molar-refractivity contribution < 1.29 is 34.0 Å². The van der Waals surface area contributed by atoms with Crippen molar-refractivity contribution in [3.05, 3.63) is 96.6 Å². The minimum absolute atomic E-state index is 0.173. The van der Waals surface area contributed by atoms with Gasteiger partial charge in [-0.1, -0.05) is 42.5 Å². The molecule has 3 rings (SSSR count). The smallest absolute Gasteiger partial charge is 0.412 e. The molecular formula is C25H23NO7. The highest BCUT2D eigenvalue weighted by Gasteiger charge is 2.28. The molecule has 0 aliphatic carbocycles. The Hall–Kier alpha value is -4.46. The highest BCUT2D eigenvalue weighted by molar-refractivity contribution is 5.84. The zero-order valence-electron chi connectivity index (χ0n) is 17.8. The van der Waals surface area contributed by atoms with E-state index in [1.54, 1.807) is 66.7 Å². The lowest BCUT2D eigenvalue weighted by Crippen LogP contribution is -2.29. The lowest BCUT2D eigenvalue weighted by molar-refractivity contribution is -0.131. The van der Waals surface area contributed by atoms with Crippen molar-refractivity contribution >= 4 is 17.7 Å². The first kappa shape index (κ1) is 23.2. The average Bonchev–Trinajstić information content (AvgIpc) is 2.81. The molecule has 0 aliphatic heterocycles. The van der Waals surface area contributed by atoms with Crippen LogP contribution in [0, 0.1) is 0 Å². The summed E-state index contributed by atoms with van der Waals surface area (Å²) in [5.74, 6) is -0.699. The number of carbonyl (C=O) groups is 2. The molecule has 170 valence electrons. The zero-order valence-corrected chi connectivity index (χ0v) is 17.8. The summed E-state index contributed by atoms with van der Waals surface area (Å²) in [6.07, 6.45) is -0.745. The number of hydrogen-bond donors (Lipinski definition) is 3. The van der Waals surface area contributed by atoms with E-state index in [2.05, 4.69) is 5.32 Å². The third kappa shape index (κ3) is 6.76. The van der Waals surface area contributed by atoms with Gasteiger partial charge in [0, 0.05) is 17.3 Å². The topological polar surface area (TPSA) is 114 Å². The number of nitrogens with one attached hydrogen (secondary N) is 1. The molecule has 3 N–H and O–H groups in total. The highest BCUT2D eigenvalue weighted by Crippen LogP contribution is 2.33. The van der Waals surface area contributed by atoms with E-state index in [0.717, 1.165) is 6.08 Å². The second-order valence-electron chi connectivity index (χ2n) is 6.84. The highest BCUT2D eigenvalue weighted by atomic mass is 16.6. The molecular weight excluding hydrogens is 426 g/mol. The van der Waals surface area contributed by atoms with E-state index in [9.17, 15) is 14.7 Å². The number of phenolic OH excluding ortho intramolecular Hbond substituents is 1. The molecule has 0 unspecified atom stereocenters. The summed E-state index contributed by atoms with van der Waals surface area (Å²) >= 11 is 0. The van der Waals surface area contributed by atoms with Crippen molar-refractivity contribution in [1.82, 2.24) is 0 Å². The van der Waals surface area contributed by atoms with Crippen molar-refractivity contribution in [3.8, 4) is 17.2 Å². The Morgan fingerprint density at radius 1 is 0.970 bits per heavy atom. The van der Waals surface area contributed by atoms with Gasteiger partial charge in [-0.3, -0.25) is 5.32 Å². The standard InChI is InChI=1S/C25H23NO7/c1-31-21-13-12-17(16-20(21)27)24(33-25(30)26-18-8-4-2-5-9-18)22(14-15-23(28)29)32-19-10-6-3-7-11-19/h2-16,22,24,27H,1H3,(H,26,30)(H,28,29)/b15-14+/t22-,24-/m1/s1. The first-order valence-electron chi connectivity index (χ1n) is 9.98. The van der Waals surface area contributed by atoms with Gasteiger partial charge in [-0.25, -0.2) is 9.59 Å². The van der Waals surface area contributed by atoms with E-state index in [4.69, 9.17) is 19.3 Å². The fourth-order valence-corrected chi connectivity index (χ4v) is 3.03. The third-order valence-corrected chi connectivity index (χ3v) is 4.53. The van der Waals surface area contributed by atoms with Crippen LogP contribution in [0.25, 0.3) is 0 Å². The largest absolute Gasteiger partial charge is 0.504 e. The van der Waals surface area contributed by atoms with Gasteiger partial charge in [0.1, 0.15) is 5.75 Å². The van der Waals surface area contributed by atoms with Crippen LogP contribution in [-0.2, 0) is 9.53 Å². The first-order valence-corrected chi connectivity index (χ1v) is 9.98. The molecule has 0 bridgehead atoms. The van der Waals surface area contributed by atoms with Gasteiger partial charge in [0.05, 0.1) is 7.11 Å². The average molecular weight is 449 g/mol. The Balaban J connectivity index is 1.96. The Labute approximate surface area is 190 Å². The van der Waals surface area contributed by atoms with Gasteiger partial charge < -0.3 is 24.4 Å². The SMILES string of the molecule is COc1ccc([C@@H](OC(=O)Nc2ccccc2)[C@@H](/C=C/C(=O)O)Oc2ccccc2)cc1O. The number of benzene rings is 3. The van der Waals surface area contributed by atoms with Crippen molar-refractivity contribution in [2.24, 2.45) is 0 Å². The van der Waals surface area contributed by atoms with Crippen molar-refractivity contribution in [2.75, 3.05) is 12.4 Å². The van der Waals surface area contributed by atoms with Crippen molar-refractivity contribution in [3.63, 3.8) is 0 Å². The van der Waals surface area contributed by atoms with Gasteiger partial charge in [-0.2, -0.15) is 0 Å². The van der Waals surface area contributed by atoms with Crippen LogP contribution in [-0.4, -0.2) is 35.5 Å². The van der Waals surface area contributed by atoms with Crippen LogP contribution < -0.4 is 14.8 Å². The van der Waals surface area contributed by atoms with E-state index in [1.807, 2.05) is 0 Å². The number of aliphatic carboxylic acids is 1. The Bertz CT molecular complexity index is 1100. The molecule has 3 aromatic rings.